The zero-order valence-electron chi connectivity index (χ0n) is 11.9. The van der Waals surface area contributed by atoms with Crippen LogP contribution >= 0.6 is 15.9 Å². The Kier molecular flexibility index (Phi) is 5.25. The third-order valence-electron chi connectivity index (χ3n) is 4.14. The first-order valence-corrected chi connectivity index (χ1v) is 7.92. The summed E-state index contributed by atoms with van der Waals surface area (Å²) in [5.74, 6) is 0. The average molecular weight is 326 g/mol. The molecule has 4 heteroatoms. The summed E-state index contributed by atoms with van der Waals surface area (Å²) in [6.45, 7) is 9.66. The molecule has 0 aromatic heterocycles. The van der Waals surface area contributed by atoms with E-state index in [-0.39, 0.29) is 0 Å². The van der Waals surface area contributed by atoms with Crippen LogP contribution in [0.4, 0.5) is 5.69 Å². The lowest BCUT2D eigenvalue weighted by Gasteiger charge is -2.39. The zero-order valence-corrected chi connectivity index (χ0v) is 13.5. The highest BCUT2D eigenvalue weighted by Gasteiger charge is 2.21. The van der Waals surface area contributed by atoms with Gasteiger partial charge in [0.15, 0.2) is 0 Å². The molecule has 1 aromatic rings. The van der Waals surface area contributed by atoms with E-state index in [1.807, 2.05) is 0 Å². The van der Waals surface area contributed by atoms with Gasteiger partial charge in [-0.3, -0.25) is 4.90 Å². The Morgan fingerprint density at radius 1 is 1.26 bits per heavy atom. The Balaban J connectivity index is 2.07. The van der Waals surface area contributed by atoms with E-state index in [2.05, 4.69) is 57.8 Å². The predicted molar refractivity (Wildman–Crippen MR) is 85.6 cm³/mol. The van der Waals surface area contributed by atoms with Crippen molar-refractivity contribution in [2.75, 3.05) is 31.1 Å². The Morgan fingerprint density at radius 3 is 2.53 bits per heavy atom. The van der Waals surface area contributed by atoms with Crippen LogP contribution in [-0.2, 0) is 6.54 Å². The lowest BCUT2D eigenvalue weighted by molar-refractivity contribution is 0.192. The second-order valence-corrected chi connectivity index (χ2v) is 6.17. The van der Waals surface area contributed by atoms with Gasteiger partial charge in [-0.15, -0.1) is 0 Å². The fraction of sp³-hybridized carbons (Fsp3) is 0.600. The number of rotatable bonds is 4. The van der Waals surface area contributed by atoms with Gasteiger partial charge in [0.25, 0.3) is 0 Å². The molecule has 1 saturated heterocycles. The quantitative estimate of drug-likeness (QED) is 0.923. The minimum Gasteiger partial charge on any atom is -0.369 e. The molecule has 1 aliphatic heterocycles. The summed E-state index contributed by atoms with van der Waals surface area (Å²) in [7, 11) is 0. The average Bonchev–Trinajstić information content (AvgIpc) is 2.46. The second kappa shape index (κ2) is 6.73. The van der Waals surface area contributed by atoms with E-state index in [0.717, 1.165) is 30.7 Å². The van der Waals surface area contributed by atoms with E-state index < -0.39 is 0 Å². The Bertz CT molecular complexity index is 414. The first-order chi connectivity index (χ1) is 9.15. The van der Waals surface area contributed by atoms with Crippen LogP contribution in [0.1, 0.15) is 25.8 Å². The summed E-state index contributed by atoms with van der Waals surface area (Å²) in [6, 6.07) is 7.08. The van der Waals surface area contributed by atoms with E-state index >= 15 is 0 Å². The maximum Gasteiger partial charge on any atom is 0.0423 e. The van der Waals surface area contributed by atoms with E-state index in [1.54, 1.807) is 0 Å². The molecular weight excluding hydrogens is 302 g/mol. The zero-order chi connectivity index (χ0) is 13.8. The van der Waals surface area contributed by atoms with Gasteiger partial charge in [-0.05, 0) is 31.0 Å². The molecule has 1 atom stereocenters. The van der Waals surface area contributed by atoms with Crippen LogP contribution < -0.4 is 10.6 Å². The van der Waals surface area contributed by atoms with Crippen molar-refractivity contribution in [2.24, 2.45) is 5.73 Å². The molecule has 0 bridgehead atoms. The number of anilines is 1. The van der Waals surface area contributed by atoms with Crippen molar-refractivity contribution in [2.45, 2.75) is 32.9 Å². The molecule has 1 heterocycles. The fourth-order valence-electron chi connectivity index (χ4n) is 2.67. The summed E-state index contributed by atoms with van der Waals surface area (Å²) < 4.78 is 1.13. The monoisotopic (exact) mass is 325 g/mol. The topological polar surface area (TPSA) is 32.5 Å². The van der Waals surface area contributed by atoms with Gasteiger partial charge in [-0.2, -0.15) is 0 Å². The number of nitrogens with zero attached hydrogens (tertiary/aromatic N) is 2. The second-order valence-electron chi connectivity index (χ2n) is 5.26. The third-order valence-corrected chi connectivity index (χ3v) is 4.63. The van der Waals surface area contributed by atoms with Crippen LogP contribution in [0, 0.1) is 0 Å². The van der Waals surface area contributed by atoms with Gasteiger partial charge in [-0.25, -0.2) is 0 Å². The molecular formula is C15H24BrN3. The molecule has 1 aliphatic rings. The first kappa shape index (κ1) is 14.8. The highest BCUT2D eigenvalue weighted by atomic mass is 79.9. The predicted octanol–water partition coefficient (Wildman–Crippen LogP) is 2.83. The van der Waals surface area contributed by atoms with Gasteiger partial charge in [0.05, 0.1) is 0 Å². The fourth-order valence-corrected chi connectivity index (χ4v) is 3.01. The van der Waals surface area contributed by atoms with E-state index in [9.17, 15) is 0 Å². The molecule has 1 aromatic carbocycles. The molecule has 1 fully saturated rings. The van der Waals surface area contributed by atoms with Crippen molar-refractivity contribution in [3.63, 3.8) is 0 Å². The Morgan fingerprint density at radius 2 is 1.95 bits per heavy atom. The van der Waals surface area contributed by atoms with Crippen molar-refractivity contribution in [3.05, 3.63) is 28.2 Å². The number of hydrogen-bond acceptors (Lipinski definition) is 3. The van der Waals surface area contributed by atoms with Gasteiger partial charge in [0.2, 0.25) is 0 Å². The van der Waals surface area contributed by atoms with Gasteiger partial charge in [-0.1, -0.05) is 28.9 Å². The minimum atomic E-state index is 0.605. The van der Waals surface area contributed by atoms with Crippen LogP contribution in [0.5, 0.6) is 0 Å². The largest absolute Gasteiger partial charge is 0.369 e. The van der Waals surface area contributed by atoms with E-state index in [0.29, 0.717) is 12.6 Å². The van der Waals surface area contributed by atoms with Crippen molar-refractivity contribution >= 4 is 21.6 Å². The smallest absolute Gasteiger partial charge is 0.0423 e. The molecule has 0 aliphatic carbocycles. The molecule has 2 N–H and O–H groups in total. The molecule has 3 nitrogen and oxygen atoms in total. The molecule has 0 saturated carbocycles. The molecule has 0 amide bonds. The summed E-state index contributed by atoms with van der Waals surface area (Å²) in [4.78, 5) is 5.04. The highest BCUT2D eigenvalue weighted by Crippen LogP contribution is 2.26. The lowest BCUT2D eigenvalue weighted by Crippen LogP contribution is -2.49. The number of halogens is 1. The summed E-state index contributed by atoms with van der Waals surface area (Å²) in [6.07, 6.45) is 1.23. The van der Waals surface area contributed by atoms with Crippen molar-refractivity contribution in [3.8, 4) is 0 Å². The number of hydrogen-bond donors (Lipinski definition) is 1. The van der Waals surface area contributed by atoms with Gasteiger partial charge < -0.3 is 10.6 Å². The maximum absolute atomic E-state index is 5.85. The first-order valence-electron chi connectivity index (χ1n) is 7.13. The van der Waals surface area contributed by atoms with Crippen molar-refractivity contribution in [1.82, 2.24) is 4.90 Å². The molecule has 0 spiro atoms. The lowest BCUT2D eigenvalue weighted by atomic mass is 10.1. The Hall–Kier alpha value is -0.580. The highest BCUT2D eigenvalue weighted by molar-refractivity contribution is 9.10. The van der Waals surface area contributed by atoms with Crippen molar-refractivity contribution < 1.29 is 0 Å². The standard InChI is InChI=1S/C15H24BrN3/c1-3-12(2)18-6-8-19(9-7-18)15-10-14(16)5-4-13(15)11-17/h4-5,10,12H,3,6-9,11,17H2,1-2H3. The molecule has 0 radical (unpaired) electrons. The van der Waals surface area contributed by atoms with Crippen LogP contribution in [0.15, 0.2) is 22.7 Å². The molecule has 2 rings (SSSR count). The van der Waals surface area contributed by atoms with E-state index in [1.165, 1.54) is 17.7 Å². The van der Waals surface area contributed by atoms with Crippen molar-refractivity contribution in [1.29, 1.82) is 0 Å². The maximum atomic E-state index is 5.85. The number of benzene rings is 1. The number of nitrogens with two attached hydrogens (primary N) is 1. The minimum absolute atomic E-state index is 0.605. The van der Waals surface area contributed by atoms with Crippen LogP contribution in [0.3, 0.4) is 0 Å². The van der Waals surface area contributed by atoms with Gasteiger partial charge >= 0.3 is 0 Å². The molecule has 19 heavy (non-hydrogen) atoms. The summed E-state index contributed by atoms with van der Waals surface area (Å²) in [5.41, 5.74) is 8.38. The van der Waals surface area contributed by atoms with E-state index in [4.69, 9.17) is 5.73 Å². The molecule has 106 valence electrons. The third kappa shape index (κ3) is 3.50. The SMILES string of the molecule is CCC(C)N1CCN(c2cc(Br)ccc2CN)CC1. The summed E-state index contributed by atoms with van der Waals surface area (Å²) in [5, 5.41) is 0. The summed E-state index contributed by atoms with van der Waals surface area (Å²) >= 11 is 3.56. The molecule has 1 unspecified atom stereocenters. The normalized spacial score (nSPS) is 18.6. The van der Waals surface area contributed by atoms with Gasteiger partial charge in [0, 0.05) is 48.9 Å². The van der Waals surface area contributed by atoms with Crippen LogP contribution in [-0.4, -0.2) is 37.1 Å². The number of piperazine rings is 1. The van der Waals surface area contributed by atoms with Gasteiger partial charge in [0.1, 0.15) is 0 Å². The van der Waals surface area contributed by atoms with Crippen LogP contribution in [0.2, 0.25) is 0 Å². The Labute approximate surface area is 124 Å². The van der Waals surface area contributed by atoms with Crippen LogP contribution in [0.25, 0.3) is 0 Å².